The number of urea groups is 1. The topological polar surface area (TPSA) is 99.1 Å². The summed E-state index contributed by atoms with van der Waals surface area (Å²) in [6.45, 7) is 0.977. The third-order valence-corrected chi connectivity index (χ3v) is 4.27. The third-order valence-electron chi connectivity index (χ3n) is 4.27. The molecule has 7 nitrogen and oxygen atoms in total. The Morgan fingerprint density at radius 1 is 1.35 bits per heavy atom. The van der Waals surface area contributed by atoms with Crippen molar-refractivity contribution in [1.29, 1.82) is 5.41 Å². The first-order chi connectivity index (χ1) is 12.7. The number of anilines is 2. The zero-order valence-electron chi connectivity index (χ0n) is 14.7. The Hall–Kier alpha value is -2.93. The Labute approximate surface area is 152 Å². The van der Waals surface area contributed by atoms with E-state index in [0.717, 1.165) is 23.4 Å². The first-order valence-electron chi connectivity index (χ1n) is 8.63. The SMILES string of the molecule is CNc1c(C=N)cc2nc1CCCOC[C@H](c1ccccc1)NC(=O)N2. The smallest absolute Gasteiger partial charge is 0.320 e. The normalized spacial score (nSPS) is 17.9. The fraction of sp³-hybridized carbons (Fsp3) is 0.316. The van der Waals surface area contributed by atoms with E-state index in [1.165, 1.54) is 6.21 Å². The first-order valence-corrected chi connectivity index (χ1v) is 8.63. The lowest BCUT2D eigenvalue weighted by Crippen LogP contribution is -2.35. The van der Waals surface area contributed by atoms with Crippen molar-refractivity contribution in [2.75, 3.05) is 30.9 Å². The molecular formula is C19H23N5O2. The fourth-order valence-corrected chi connectivity index (χ4v) is 3.03. The van der Waals surface area contributed by atoms with Crippen LogP contribution < -0.4 is 16.0 Å². The molecule has 0 aliphatic carbocycles. The van der Waals surface area contributed by atoms with E-state index in [0.29, 0.717) is 31.0 Å². The zero-order chi connectivity index (χ0) is 18.4. The number of amides is 2. The van der Waals surface area contributed by atoms with Gasteiger partial charge in [0.15, 0.2) is 0 Å². The van der Waals surface area contributed by atoms with Gasteiger partial charge in [0.25, 0.3) is 0 Å². The average Bonchev–Trinajstić information content (AvgIpc) is 2.66. The van der Waals surface area contributed by atoms with Gasteiger partial charge in [-0.15, -0.1) is 0 Å². The van der Waals surface area contributed by atoms with Crippen LogP contribution in [0.5, 0.6) is 0 Å². The molecule has 1 aromatic carbocycles. The maximum Gasteiger partial charge on any atom is 0.320 e. The number of nitrogens with one attached hydrogen (secondary N) is 4. The van der Waals surface area contributed by atoms with Crippen molar-refractivity contribution in [3.05, 3.63) is 53.2 Å². The van der Waals surface area contributed by atoms with Crippen molar-refractivity contribution in [1.82, 2.24) is 10.3 Å². The summed E-state index contributed by atoms with van der Waals surface area (Å²) in [5.74, 6) is 0.434. The van der Waals surface area contributed by atoms with Gasteiger partial charge in [0.05, 0.1) is 24.0 Å². The number of benzene rings is 1. The number of pyridine rings is 1. The number of nitrogens with zero attached hydrogens (tertiary/aromatic N) is 1. The van der Waals surface area contributed by atoms with E-state index >= 15 is 0 Å². The molecule has 2 heterocycles. The predicted molar refractivity (Wildman–Crippen MR) is 102 cm³/mol. The minimum Gasteiger partial charge on any atom is -0.386 e. The van der Waals surface area contributed by atoms with Crippen molar-refractivity contribution < 1.29 is 9.53 Å². The first kappa shape index (κ1) is 17.9. The molecule has 0 saturated heterocycles. The van der Waals surface area contributed by atoms with Gasteiger partial charge in [-0.05, 0) is 24.5 Å². The van der Waals surface area contributed by atoms with Crippen LogP contribution in [0, 0.1) is 5.41 Å². The van der Waals surface area contributed by atoms with Gasteiger partial charge in [-0.25, -0.2) is 9.78 Å². The summed E-state index contributed by atoms with van der Waals surface area (Å²) >= 11 is 0. The van der Waals surface area contributed by atoms with Crippen molar-refractivity contribution in [2.24, 2.45) is 0 Å². The van der Waals surface area contributed by atoms with Crippen LogP contribution in [0.2, 0.25) is 0 Å². The van der Waals surface area contributed by atoms with Crippen LogP contribution in [-0.2, 0) is 11.2 Å². The number of ether oxygens (including phenoxy) is 1. The summed E-state index contributed by atoms with van der Waals surface area (Å²) in [5, 5.41) is 16.4. The van der Waals surface area contributed by atoms with Gasteiger partial charge >= 0.3 is 6.03 Å². The molecule has 1 aliphatic rings. The Balaban J connectivity index is 1.88. The van der Waals surface area contributed by atoms with Crippen LogP contribution in [-0.4, -0.2) is 37.5 Å². The lowest BCUT2D eigenvalue weighted by Gasteiger charge is -2.21. The van der Waals surface area contributed by atoms with Gasteiger partial charge < -0.3 is 20.8 Å². The minimum absolute atomic E-state index is 0.242. The highest BCUT2D eigenvalue weighted by Gasteiger charge is 2.18. The molecule has 2 bridgehead atoms. The summed E-state index contributed by atoms with van der Waals surface area (Å²) in [5.41, 5.74) is 3.29. The van der Waals surface area contributed by atoms with Gasteiger partial charge in [-0.1, -0.05) is 30.3 Å². The second-order valence-electron chi connectivity index (χ2n) is 6.05. The molecule has 4 N–H and O–H groups in total. The molecule has 7 heteroatoms. The summed E-state index contributed by atoms with van der Waals surface area (Å²) in [7, 11) is 1.80. The lowest BCUT2D eigenvalue weighted by atomic mass is 10.1. The van der Waals surface area contributed by atoms with E-state index in [-0.39, 0.29) is 12.1 Å². The quantitative estimate of drug-likeness (QED) is 0.638. The predicted octanol–water partition coefficient (Wildman–Crippen LogP) is 2.95. The van der Waals surface area contributed by atoms with Gasteiger partial charge in [0, 0.05) is 25.4 Å². The molecule has 26 heavy (non-hydrogen) atoms. The van der Waals surface area contributed by atoms with Crippen molar-refractivity contribution in [3.8, 4) is 0 Å². The second-order valence-corrected chi connectivity index (χ2v) is 6.05. The molecule has 1 aromatic heterocycles. The maximum atomic E-state index is 12.5. The second kappa shape index (κ2) is 8.44. The number of carbonyl (C=O) groups is 1. The van der Waals surface area contributed by atoms with E-state index in [1.807, 2.05) is 30.3 Å². The molecule has 0 radical (unpaired) electrons. The van der Waals surface area contributed by atoms with Crippen molar-refractivity contribution in [2.45, 2.75) is 18.9 Å². The molecule has 1 aliphatic heterocycles. The average molecular weight is 353 g/mol. The number of aryl methyl sites for hydroxylation is 1. The fourth-order valence-electron chi connectivity index (χ4n) is 3.03. The number of carbonyl (C=O) groups excluding carboxylic acids is 1. The van der Waals surface area contributed by atoms with E-state index in [1.54, 1.807) is 13.1 Å². The summed E-state index contributed by atoms with van der Waals surface area (Å²) in [4.78, 5) is 17.0. The molecule has 0 saturated carbocycles. The lowest BCUT2D eigenvalue weighted by molar-refractivity contribution is 0.111. The van der Waals surface area contributed by atoms with Gasteiger partial charge in [-0.3, -0.25) is 5.32 Å². The molecule has 3 rings (SSSR count). The molecule has 2 amide bonds. The molecule has 2 aromatic rings. The third kappa shape index (κ3) is 4.18. The van der Waals surface area contributed by atoms with Gasteiger partial charge in [0.2, 0.25) is 0 Å². The molecule has 0 unspecified atom stereocenters. The van der Waals surface area contributed by atoms with Crippen LogP contribution in [0.3, 0.4) is 0 Å². The van der Waals surface area contributed by atoms with Crippen LogP contribution in [0.15, 0.2) is 36.4 Å². The highest BCUT2D eigenvalue weighted by Crippen LogP contribution is 2.23. The highest BCUT2D eigenvalue weighted by atomic mass is 16.5. The summed E-state index contributed by atoms with van der Waals surface area (Å²) < 4.78 is 5.79. The number of rotatable bonds is 3. The molecular weight excluding hydrogens is 330 g/mol. The highest BCUT2D eigenvalue weighted by molar-refractivity contribution is 5.92. The Kier molecular flexibility index (Phi) is 5.80. The van der Waals surface area contributed by atoms with Crippen LogP contribution >= 0.6 is 0 Å². The Morgan fingerprint density at radius 3 is 2.88 bits per heavy atom. The number of hydrogen-bond acceptors (Lipinski definition) is 5. The van der Waals surface area contributed by atoms with Crippen LogP contribution in [0.25, 0.3) is 0 Å². The summed E-state index contributed by atoms with van der Waals surface area (Å²) in [6.07, 6.45) is 2.76. The molecule has 1 atom stereocenters. The van der Waals surface area contributed by atoms with Crippen LogP contribution in [0.4, 0.5) is 16.3 Å². The van der Waals surface area contributed by atoms with E-state index < -0.39 is 0 Å². The number of hydrogen-bond donors (Lipinski definition) is 4. The maximum absolute atomic E-state index is 12.5. The van der Waals surface area contributed by atoms with Crippen molar-refractivity contribution >= 4 is 23.8 Å². The number of fused-ring (bicyclic) bond motifs is 2. The van der Waals surface area contributed by atoms with Crippen LogP contribution in [0.1, 0.15) is 29.3 Å². The van der Waals surface area contributed by atoms with E-state index in [4.69, 9.17) is 10.1 Å². The van der Waals surface area contributed by atoms with Gasteiger partial charge in [0.1, 0.15) is 5.82 Å². The van der Waals surface area contributed by atoms with E-state index in [2.05, 4.69) is 20.9 Å². The number of aromatic nitrogens is 1. The van der Waals surface area contributed by atoms with Crippen molar-refractivity contribution in [3.63, 3.8) is 0 Å². The zero-order valence-corrected chi connectivity index (χ0v) is 14.7. The standard InChI is InChI=1S/C19H23N5O2/c1-21-18-14(11-20)10-17-22-15(18)8-5-9-26-12-16(23-19(25)24-17)13-6-3-2-4-7-13/h2-4,6-7,10-11,16,20-21H,5,8-9,12H2,1H3,(H2,22,23,24,25)/t16-/m1/s1. The Bertz CT molecular complexity index is 779. The molecule has 0 spiro atoms. The summed E-state index contributed by atoms with van der Waals surface area (Å²) in [6, 6.07) is 10.8. The molecule has 136 valence electrons. The minimum atomic E-state index is -0.352. The Morgan fingerprint density at radius 2 is 2.15 bits per heavy atom. The largest absolute Gasteiger partial charge is 0.386 e. The molecule has 0 fully saturated rings. The monoisotopic (exact) mass is 353 g/mol. The van der Waals surface area contributed by atoms with Gasteiger partial charge in [-0.2, -0.15) is 0 Å². The van der Waals surface area contributed by atoms with E-state index in [9.17, 15) is 4.79 Å².